The second-order valence-electron chi connectivity index (χ2n) is 12.4. The number of benzene rings is 5. The summed E-state index contributed by atoms with van der Waals surface area (Å²) in [6.07, 6.45) is 0. The molecule has 0 radical (unpaired) electrons. The predicted molar refractivity (Wildman–Crippen MR) is 190 cm³/mol. The van der Waals surface area contributed by atoms with Gasteiger partial charge in [0.2, 0.25) is 0 Å². The average Bonchev–Trinajstić information content (AvgIpc) is 3.32. The normalized spacial score (nSPS) is 12.0. The van der Waals surface area contributed by atoms with Gasteiger partial charge in [0.25, 0.3) is 0 Å². The van der Waals surface area contributed by atoms with Gasteiger partial charge in [-0.3, -0.25) is 0 Å². The number of aryl methyl sites for hydroxylation is 6. The number of hydrogen-bond acceptors (Lipinski definition) is 3. The molecule has 5 aromatic carbocycles. The molecule has 0 saturated carbocycles. The maximum atomic E-state index is 16.4. The average molecular weight is 609 g/mol. The highest BCUT2D eigenvalue weighted by molar-refractivity contribution is 7.85. The summed E-state index contributed by atoms with van der Waals surface area (Å²) in [4.78, 5) is 5.41. The minimum Gasteiger partial charge on any atom is -0.497 e. The van der Waals surface area contributed by atoms with Gasteiger partial charge in [-0.25, -0.2) is 4.98 Å². The molecular formula is C40H37N2O2P. The minimum atomic E-state index is -3.42. The van der Waals surface area contributed by atoms with Crippen molar-refractivity contribution in [3.8, 4) is 17.0 Å². The number of methoxy groups -OCH3 is 1. The Morgan fingerprint density at radius 3 is 1.93 bits per heavy atom. The van der Waals surface area contributed by atoms with Crippen LogP contribution in [0.5, 0.6) is 5.75 Å². The van der Waals surface area contributed by atoms with Crippen LogP contribution in [0.2, 0.25) is 0 Å². The van der Waals surface area contributed by atoms with Gasteiger partial charge in [0, 0.05) is 33.2 Å². The van der Waals surface area contributed by atoms with Gasteiger partial charge >= 0.3 is 0 Å². The summed E-state index contributed by atoms with van der Waals surface area (Å²) in [7, 11) is -1.73. The van der Waals surface area contributed by atoms with E-state index in [-0.39, 0.29) is 0 Å². The summed E-state index contributed by atoms with van der Waals surface area (Å²) < 4.78 is 24.3. The Balaban J connectivity index is 1.70. The van der Waals surface area contributed by atoms with Gasteiger partial charge in [-0.05, 0) is 106 Å². The first-order chi connectivity index (χ1) is 21.6. The molecule has 7 rings (SSSR count). The summed E-state index contributed by atoms with van der Waals surface area (Å²) in [5.41, 5.74) is 11.2. The maximum Gasteiger partial charge on any atom is 0.171 e. The van der Waals surface area contributed by atoms with Crippen LogP contribution in [0.4, 0.5) is 0 Å². The molecule has 0 aliphatic rings. The first-order valence-corrected chi connectivity index (χ1v) is 17.1. The number of rotatable bonds is 5. The third kappa shape index (κ3) is 4.67. The molecular weight excluding hydrogens is 571 g/mol. The van der Waals surface area contributed by atoms with Gasteiger partial charge in [-0.2, -0.15) is 0 Å². The van der Waals surface area contributed by atoms with Gasteiger partial charge in [-0.1, -0.05) is 64.7 Å². The zero-order chi connectivity index (χ0) is 31.6. The molecule has 0 aliphatic heterocycles. The van der Waals surface area contributed by atoms with E-state index in [0.717, 1.165) is 93.8 Å². The molecule has 0 unspecified atom stereocenters. The third-order valence-electron chi connectivity index (χ3n) is 8.88. The molecule has 45 heavy (non-hydrogen) atoms. The second-order valence-corrected chi connectivity index (χ2v) is 15.2. The van der Waals surface area contributed by atoms with Gasteiger partial charge in [0.05, 0.1) is 29.4 Å². The van der Waals surface area contributed by atoms with Crippen LogP contribution < -0.4 is 20.7 Å². The summed E-state index contributed by atoms with van der Waals surface area (Å²) >= 11 is 0. The molecule has 0 amide bonds. The smallest absolute Gasteiger partial charge is 0.171 e. The van der Waals surface area contributed by atoms with Crippen LogP contribution in [0, 0.1) is 41.5 Å². The van der Waals surface area contributed by atoms with Crippen molar-refractivity contribution >= 4 is 50.4 Å². The van der Waals surface area contributed by atoms with Crippen molar-refractivity contribution in [2.24, 2.45) is 0 Å². The topological polar surface area (TPSA) is 43.6 Å². The van der Waals surface area contributed by atoms with Crippen molar-refractivity contribution in [2.75, 3.05) is 7.11 Å². The Kier molecular flexibility index (Phi) is 6.95. The van der Waals surface area contributed by atoms with Gasteiger partial charge in [-0.15, -0.1) is 0 Å². The lowest BCUT2D eigenvalue weighted by Gasteiger charge is -2.26. The zero-order valence-electron chi connectivity index (χ0n) is 26.9. The quantitative estimate of drug-likeness (QED) is 0.184. The number of hydrogen-bond donors (Lipinski definition) is 0. The van der Waals surface area contributed by atoms with E-state index >= 15 is 4.57 Å². The Bertz CT molecular complexity index is 2270. The van der Waals surface area contributed by atoms with Crippen molar-refractivity contribution in [1.29, 1.82) is 0 Å². The van der Waals surface area contributed by atoms with E-state index in [1.165, 1.54) is 0 Å². The second kappa shape index (κ2) is 10.8. The Morgan fingerprint density at radius 1 is 0.689 bits per heavy atom. The van der Waals surface area contributed by atoms with Crippen LogP contribution >= 0.6 is 7.14 Å². The van der Waals surface area contributed by atoms with Crippen molar-refractivity contribution in [1.82, 2.24) is 9.38 Å². The van der Waals surface area contributed by atoms with E-state index in [1.54, 1.807) is 7.11 Å². The molecule has 0 bridgehead atoms. The fourth-order valence-corrected chi connectivity index (χ4v) is 10.3. The first-order valence-electron chi connectivity index (χ1n) is 15.4. The van der Waals surface area contributed by atoms with Crippen molar-refractivity contribution in [3.05, 3.63) is 131 Å². The highest BCUT2D eigenvalue weighted by atomic mass is 31.2. The van der Waals surface area contributed by atoms with Crippen molar-refractivity contribution in [3.63, 3.8) is 0 Å². The monoisotopic (exact) mass is 608 g/mol. The number of aromatic nitrogens is 2. The molecule has 224 valence electrons. The highest BCUT2D eigenvalue weighted by Crippen LogP contribution is 2.48. The van der Waals surface area contributed by atoms with Crippen LogP contribution in [0.1, 0.15) is 33.5 Å². The molecule has 4 nitrogen and oxygen atoms in total. The standard InChI is InChI=1S/C40H37N2O2P/c1-24-16-25(2)19-32(18-24)45(43,33-20-26(3)17-27(4)21-33)37-15-12-30-10-8-9-11-34(30)38(37)39-40-28(5)22-29(6)42(40)36-23-31(44-7)13-14-35(36)41-39/h8-23H,1-7H3. The lowest BCUT2D eigenvalue weighted by atomic mass is 10.00. The van der Waals surface area contributed by atoms with Gasteiger partial charge < -0.3 is 13.7 Å². The molecule has 2 heterocycles. The number of fused-ring (bicyclic) bond motifs is 4. The van der Waals surface area contributed by atoms with Crippen LogP contribution in [-0.2, 0) is 4.57 Å². The number of nitrogens with zero attached hydrogens (tertiary/aromatic N) is 2. The van der Waals surface area contributed by atoms with E-state index in [0.29, 0.717) is 0 Å². The van der Waals surface area contributed by atoms with Gasteiger partial charge in [0.1, 0.15) is 5.75 Å². The summed E-state index contributed by atoms with van der Waals surface area (Å²) in [6, 6.07) is 33.5. The Hall–Kier alpha value is -4.66. The Morgan fingerprint density at radius 2 is 1.31 bits per heavy atom. The van der Waals surface area contributed by atoms with Crippen LogP contribution in [0.25, 0.3) is 38.6 Å². The molecule has 7 aromatic rings. The molecule has 0 spiro atoms. The lowest BCUT2D eigenvalue weighted by Crippen LogP contribution is -2.28. The molecule has 0 atom stereocenters. The van der Waals surface area contributed by atoms with E-state index in [1.807, 2.05) is 18.2 Å². The Labute approximate surface area is 264 Å². The van der Waals surface area contributed by atoms with E-state index in [9.17, 15) is 0 Å². The summed E-state index contributed by atoms with van der Waals surface area (Å²) in [5.74, 6) is 0.782. The minimum absolute atomic E-state index is 0.782. The van der Waals surface area contributed by atoms with Crippen molar-refractivity contribution < 1.29 is 9.30 Å². The van der Waals surface area contributed by atoms with Crippen molar-refractivity contribution in [2.45, 2.75) is 41.5 Å². The first kappa shape index (κ1) is 29.1. The SMILES string of the molecule is COc1ccc2nc(-c3c(P(=O)(c4cc(C)cc(C)c4)c4cc(C)cc(C)c4)ccc4ccccc34)c3c(C)cc(C)n3c2c1. The van der Waals surface area contributed by atoms with E-state index in [2.05, 4.69) is 125 Å². The summed E-state index contributed by atoms with van der Waals surface area (Å²) in [5, 5.41) is 4.60. The molecule has 0 aliphatic carbocycles. The fraction of sp³-hybridized carbons (Fsp3) is 0.175. The molecule has 0 saturated heterocycles. The van der Waals surface area contributed by atoms with Crippen LogP contribution in [0.15, 0.2) is 97.1 Å². The largest absolute Gasteiger partial charge is 0.497 e. The van der Waals surface area contributed by atoms with Gasteiger partial charge in [0.15, 0.2) is 7.14 Å². The lowest BCUT2D eigenvalue weighted by molar-refractivity contribution is 0.415. The van der Waals surface area contributed by atoms with E-state index < -0.39 is 7.14 Å². The maximum absolute atomic E-state index is 16.4. The molecule has 0 fully saturated rings. The van der Waals surface area contributed by atoms with Crippen LogP contribution in [-0.4, -0.2) is 16.5 Å². The summed E-state index contributed by atoms with van der Waals surface area (Å²) in [6.45, 7) is 12.6. The molecule has 5 heteroatoms. The van der Waals surface area contributed by atoms with Crippen LogP contribution in [0.3, 0.4) is 0 Å². The predicted octanol–water partition coefficient (Wildman–Crippen LogP) is 8.81. The fourth-order valence-electron chi connectivity index (χ4n) is 7.12. The molecule has 2 aromatic heterocycles. The highest BCUT2D eigenvalue weighted by Gasteiger charge is 2.35. The number of ether oxygens (including phenoxy) is 1. The van der Waals surface area contributed by atoms with E-state index in [4.69, 9.17) is 9.72 Å². The molecule has 0 N–H and O–H groups in total. The zero-order valence-corrected chi connectivity index (χ0v) is 27.8. The third-order valence-corrected chi connectivity index (χ3v) is 11.9.